The molecular formula is C13H26N2O2. The van der Waals surface area contributed by atoms with Crippen molar-refractivity contribution >= 4 is 0 Å². The van der Waals surface area contributed by atoms with Gasteiger partial charge in [0.2, 0.25) is 0 Å². The summed E-state index contributed by atoms with van der Waals surface area (Å²) in [6.07, 6.45) is 3.50. The molecule has 0 aromatic heterocycles. The summed E-state index contributed by atoms with van der Waals surface area (Å²) in [5.41, 5.74) is -0.0548. The third kappa shape index (κ3) is 2.99. The number of methoxy groups -OCH3 is 1. The Hall–Kier alpha value is -0.160. The highest BCUT2D eigenvalue weighted by Gasteiger charge is 2.38. The second kappa shape index (κ2) is 5.65. The molecule has 0 bridgehead atoms. The molecule has 0 saturated carbocycles. The molecule has 2 saturated heterocycles. The summed E-state index contributed by atoms with van der Waals surface area (Å²) in [6.45, 7) is 6.10. The summed E-state index contributed by atoms with van der Waals surface area (Å²) in [7, 11) is 3.88. The number of piperidine rings is 1. The van der Waals surface area contributed by atoms with Crippen LogP contribution < -0.4 is 5.32 Å². The van der Waals surface area contributed by atoms with E-state index in [0.29, 0.717) is 12.1 Å². The van der Waals surface area contributed by atoms with Gasteiger partial charge in [-0.2, -0.15) is 0 Å². The van der Waals surface area contributed by atoms with Gasteiger partial charge in [-0.1, -0.05) is 0 Å². The molecular weight excluding hydrogens is 216 g/mol. The number of hydrogen-bond acceptors (Lipinski definition) is 4. The summed E-state index contributed by atoms with van der Waals surface area (Å²) in [5, 5.41) is 3.39. The summed E-state index contributed by atoms with van der Waals surface area (Å²) < 4.78 is 11.2. The lowest BCUT2D eigenvalue weighted by Crippen LogP contribution is -2.53. The van der Waals surface area contributed by atoms with Gasteiger partial charge in [-0.15, -0.1) is 0 Å². The minimum Gasteiger partial charge on any atom is -0.378 e. The van der Waals surface area contributed by atoms with E-state index < -0.39 is 0 Å². The van der Waals surface area contributed by atoms with Crippen LogP contribution in [-0.2, 0) is 9.47 Å². The molecule has 1 N–H and O–H groups in total. The Kier molecular flexibility index (Phi) is 4.42. The van der Waals surface area contributed by atoms with Crippen molar-refractivity contribution in [3.05, 3.63) is 0 Å². The van der Waals surface area contributed by atoms with Crippen LogP contribution in [0.5, 0.6) is 0 Å². The second-order valence-electron chi connectivity index (χ2n) is 5.52. The second-order valence-corrected chi connectivity index (χ2v) is 5.52. The maximum Gasteiger partial charge on any atom is 0.106 e. The predicted molar refractivity (Wildman–Crippen MR) is 68.3 cm³/mol. The van der Waals surface area contributed by atoms with Crippen LogP contribution in [0.3, 0.4) is 0 Å². The maximum atomic E-state index is 5.72. The van der Waals surface area contributed by atoms with Crippen molar-refractivity contribution in [3.8, 4) is 0 Å². The van der Waals surface area contributed by atoms with Crippen LogP contribution in [0, 0.1) is 0 Å². The fourth-order valence-corrected chi connectivity index (χ4v) is 3.03. The Morgan fingerprint density at radius 2 is 2.35 bits per heavy atom. The number of ether oxygens (including phenoxy) is 2. The molecule has 2 heterocycles. The van der Waals surface area contributed by atoms with E-state index in [1.54, 1.807) is 0 Å². The summed E-state index contributed by atoms with van der Waals surface area (Å²) >= 11 is 0. The lowest BCUT2D eigenvalue weighted by atomic mass is 9.95. The number of likely N-dealkylation sites (tertiary alicyclic amines) is 1. The standard InChI is InChI=1S/C13H26N2O2/c1-11-8-12(14-2)4-6-15(11)9-13(16-3)5-7-17-10-13/h11-12,14H,4-10H2,1-3H3. The number of hydrogen-bond donors (Lipinski definition) is 1. The largest absolute Gasteiger partial charge is 0.378 e. The lowest BCUT2D eigenvalue weighted by molar-refractivity contribution is -0.0535. The topological polar surface area (TPSA) is 33.7 Å². The van der Waals surface area contributed by atoms with Crippen LogP contribution in [0.15, 0.2) is 0 Å². The van der Waals surface area contributed by atoms with Gasteiger partial charge in [-0.05, 0) is 26.8 Å². The van der Waals surface area contributed by atoms with E-state index >= 15 is 0 Å². The molecule has 2 aliphatic heterocycles. The molecule has 2 fully saturated rings. The van der Waals surface area contributed by atoms with Crippen molar-refractivity contribution in [1.82, 2.24) is 10.2 Å². The predicted octanol–water partition coefficient (Wildman–Crippen LogP) is 0.864. The van der Waals surface area contributed by atoms with Crippen molar-refractivity contribution in [2.45, 2.75) is 43.9 Å². The fourth-order valence-electron chi connectivity index (χ4n) is 3.03. The zero-order valence-corrected chi connectivity index (χ0v) is 11.4. The van der Waals surface area contributed by atoms with Crippen molar-refractivity contribution in [1.29, 1.82) is 0 Å². The molecule has 17 heavy (non-hydrogen) atoms. The SMILES string of the molecule is CNC1CCN(CC2(OC)CCOC2)C(C)C1. The lowest BCUT2D eigenvalue weighted by Gasteiger charge is -2.41. The molecule has 3 unspecified atom stereocenters. The van der Waals surface area contributed by atoms with E-state index in [4.69, 9.17) is 9.47 Å². The van der Waals surface area contributed by atoms with E-state index in [1.807, 2.05) is 7.11 Å². The highest BCUT2D eigenvalue weighted by atomic mass is 16.5. The molecule has 2 rings (SSSR count). The van der Waals surface area contributed by atoms with Gasteiger partial charge >= 0.3 is 0 Å². The summed E-state index contributed by atoms with van der Waals surface area (Å²) in [6, 6.07) is 1.31. The van der Waals surface area contributed by atoms with Crippen molar-refractivity contribution in [2.75, 3.05) is 40.5 Å². The zero-order valence-electron chi connectivity index (χ0n) is 11.4. The van der Waals surface area contributed by atoms with Crippen molar-refractivity contribution in [3.63, 3.8) is 0 Å². The molecule has 0 aromatic rings. The monoisotopic (exact) mass is 242 g/mol. The van der Waals surface area contributed by atoms with E-state index in [1.165, 1.54) is 12.8 Å². The van der Waals surface area contributed by atoms with Gasteiger partial charge in [-0.3, -0.25) is 4.90 Å². The van der Waals surface area contributed by atoms with E-state index in [9.17, 15) is 0 Å². The highest BCUT2D eigenvalue weighted by Crippen LogP contribution is 2.27. The van der Waals surface area contributed by atoms with E-state index in [0.717, 1.165) is 32.7 Å². The normalized spacial score (nSPS) is 39.7. The van der Waals surface area contributed by atoms with Gasteiger partial charge in [0.05, 0.1) is 6.61 Å². The number of nitrogens with zero attached hydrogens (tertiary/aromatic N) is 1. The summed E-state index contributed by atoms with van der Waals surface area (Å²) in [4.78, 5) is 2.56. The van der Waals surface area contributed by atoms with Gasteiger partial charge in [0.25, 0.3) is 0 Å². The third-order valence-electron chi connectivity index (χ3n) is 4.41. The van der Waals surface area contributed by atoms with E-state index in [2.05, 4.69) is 24.2 Å². The highest BCUT2D eigenvalue weighted by molar-refractivity contribution is 4.92. The third-order valence-corrected chi connectivity index (χ3v) is 4.41. The average Bonchev–Trinajstić information content (AvgIpc) is 2.81. The Bertz CT molecular complexity index is 242. The molecule has 0 aromatic carbocycles. The zero-order chi connectivity index (χ0) is 12.3. The number of nitrogens with one attached hydrogen (secondary N) is 1. The Balaban J connectivity index is 1.90. The Morgan fingerprint density at radius 3 is 2.88 bits per heavy atom. The van der Waals surface area contributed by atoms with Crippen LogP contribution in [0.25, 0.3) is 0 Å². The average molecular weight is 242 g/mol. The molecule has 3 atom stereocenters. The smallest absolute Gasteiger partial charge is 0.106 e. The maximum absolute atomic E-state index is 5.72. The number of rotatable bonds is 4. The van der Waals surface area contributed by atoms with Gasteiger partial charge < -0.3 is 14.8 Å². The van der Waals surface area contributed by atoms with Gasteiger partial charge in [0.1, 0.15) is 5.60 Å². The molecule has 2 aliphatic rings. The Morgan fingerprint density at radius 1 is 1.53 bits per heavy atom. The molecule has 4 nitrogen and oxygen atoms in total. The molecule has 0 aliphatic carbocycles. The molecule has 100 valence electrons. The van der Waals surface area contributed by atoms with Gasteiger partial charge in [0, 0.05) is 45.3 Å². The minimum absolute atomic E-state index is 0.0548. The minimum atomic E-state index is -0.0548. The van der Waals surface area contributed by atoms with Crippen LogP contribution in [-0.4, -0.2) is 63.0 Å². The van der Waals surface area contributed by atoms with Crippen molar-refractivity contribution < 1.29 is 9.47 Å². The molecule has 0 amide bonds. The first-order valence-corrected chi connectivity index (χ1v) is 6.73. The van der Waals surface area contributed by atoms with Crippen LogP contribution >= 0.6 is 0 Å². The molecule has 0 radical (unpaired) electrons. The fraction of sp³-hybridized carbons (Fsp3) is 1.00. The molecule has 0 spiro atoms. The summed E-state index contributed by atoms with van der Waals surface area (Å²) in [5.74, 6) is 0. The van der Waals surface area contributed by atoms with Crippen molar-refractivity contribution in [2.24, 2.45) is 0 Å². The Labute approximate surface area is 105 Å². The molecule has 4 heteroatoms. The van der Waals surface area contributed by atoms with Gasteiger partial charge in [0.15, 0.2) is 0 Å². The van der Waals surface area contributed by atoms with Crippen LogP contribution in [0.2, 0.25) is 0 Å². The first-order chi connectivity index (χ1) is 8.19. The van der Waals surface area contributed by atoms with Crippen LogP contribution in [0.4, 0.5) is 0 Å². The van der Waals surface area contributed by atoms with E-state index in [-0.39, 0.29) is 5.60 Å². The van der Waals surface area contributed by atoms with Gasteiger partial charge in [-0.25, -0.2) is 0 Å². The first kappa shape index (κ1) is 13.3. The first-order valence-electron chi connectivity index (χ1n) is 6.73. The van der Waals surface area contributed by atoms with Crippen LogP contribution in [0.1, 0.15) is 26.2 Å². The quantitative estimate of drug-likeness (QED) is 0.793.